The SMILES string of the molecule is CN(C)c1c2c(=O)n(C)c(=O)n(C)c2nc2c3ccccc3cc[n+]12. The summed E-state index contributed by atoms with van der Waals surface area (Å²) < 4.78 is 4.44. The molecule has 0 saturated carbocycles. The van der Waals surface area contributed by atoms with E-state index >= 15 is 0 Å². The maximum atomic E-state index is 12.8. The zero-order valence-corrected chi connectivity index (χ0v) is 14.5. The maximum Gasteiger partial charge on any atom is 0.333 e. The molecular weight excluding hydrogens is 318 g/mol. The molecular formula is C18H18N5O2+. The molecule has 0 fully saturated rings. The van der Waals surface area contributed by atoms with Crippen LogP contribution in [0.5, 0.6) is 0 Å². The summed E-state index contributed by atoms with van der Waals surface area (Å²) in [5, 5.41) is 2.43. The summed E-state index contributed by atoms with van der Waals surface area (Å²) in [6, 6.07) is 9.92. The Morgan fingerprint density at radius 2 is 1.76 bits per heavy atom. The van der Waals surface area contributed by atoms with Crippen molar-refractivity contribution in [1.82, 2.24) is 14.1 Å². The second-order valence-corrected chi connectivity index (χ2v) is 6.33. The van der Waals surface area contributed by atoms with Gasteiger partial charge in [-0.15, -0.1) is 0 Å². The molecule has 7 heteroatoms. The van der Waals surface area contributed by atoms with Gasteiger partial charge >= 0.3 is 5.69 Å². The molecule has 3 aromatic heterocycles. The number of fused-ring (bicyclic) bond motifs is 4. The first-order valence-electron chi connectivity index (χ1n) is 7.92. The first-order valence-corrected chi connectivity index (χ1v) is 7.92. The maximum absolute atomic E-state index is 12.8. The summed E-state index contributed by atoms with van der Waals surface area (Å²) in [7, 11) is 6.87. The first-order chi connectivity index (χ1) is 11.9. The summed E-state index contributed by atoms with van der Waals surface area (Å²) >= 11 is 0. The second kappa shape index (κ2) is 5.14. The van der Waals surface area contributed by atoms with E-state index in [-0.39, 0.29) is 11.2 Å². The van der Waals surface area contributed by atoms with Gasteiger partial charge in [0.1, 0.15) is 0 Å². The topological polar surface area (TPSA) is 64.2 Å². The second-order valence-electron chi connectivity index (χ2n) is 6.33. The van der Waals surface area contributed by atoms with Crippen molar-refractivity contribution >= 4 is 33.3 Å². The Morgan fingerprint density at radius 3 is 2.48 bits per heavy atom. The van der Waals surface area contributed by atoms with Crippen LogP contribution in [0, 0.1) is 0 Å². The van der Waals surface area contributed by atoms with Gasteiger partial charge in [0, 0.05) is 14.1 Å². The zero-order chi connectivity index (χ0) is 17.9. The summed E-state index contributed by atoms with van der Waals surface area (Å²) in [4.78, 5) is 31.7. The van der Waals surface area contributed by atoms with Gasteiger partial charge in [0.25, 0.3) is 11.2 Å². The van der Waals surface area contributed by atoms with Crippen molar-refractivity contribution in [2.45, 2.75) is 0 Å². The average molecular weight is 336 g/mol. The quantitative estimate of drug-likeness (QED) is 0.290. The molecule has 0 bridgehead atoms. The van der Waals surface area contributed by atoms with Gasteiger partial charge in [-0.25, -0.2) is 9.20 Å². The fourth-order valence-electron chi connectivity index (χ4n) is 3.31. The molecule has 0 radical (unpaired) electrons. The summed E-state index contributed by atoms with van der Waals surface area (Å²) in [6.07, 6.45) is 1.91. The molecule has 0 unspecified atom stereocenters. The molecule has 0 saturated heterocycles. The van der Waals surface area contributed by atoms with Gasteiger partial charge in [0.15, 0.2) is 5.39 Å². The standard InChI is InChI=1S/C18H18N5O2/c1-20(2)16-13-15(21(3)18(25)22(4)17(13)24)19-14-12-8-6-5-7-11(12)9-10-23(14)16/h5-10H,1-4H3/q+1. The molecule has 0 N–H and O–H groups in total. The summed E-state index contributed by atoms with van der Waals surface area (Å²) in [6.45, 7) is 0. The minimum absolute atomic E-state index is 0.350. The van der Waals surface area contributed by atoms with Crippen molar-refractivity contribution in [3.05, 3.63) is 57.4 Å². The van der Waals surface area contributed by atoms with Gasteiger partial charge in [-0.3, -0.25) is 18.8 Å². The molecule has 0 amide bonds. The van der Waals surface area contributed by atoms with E-state index in [0.29, 0.717) is 22.5 Å². The predicted molar refractivity (Wildman–Crippen MR) is 97.2 cm³/mol. The Hall–Kier alpha value is -3.22. The molecule has 0 aliphatic heterocycles. The monoisotopic (exact) mass is 336 g/mol. The summed E-state index contributed by atoms with van der Waals surface area (Å²) in [5.74, 6) is 0.696. The van der Waals surface area contributed by atoms with Crippen LogP contribution in [0.4, 0.5) is 5.82 Å². The predicted octanol–water partition coefficient (Wildman–Crippen LogP) is 0.590. The Bertz CT molecular complexity index is 1280. The molecule has 4 aromatic rings. The van der Waals surface area contributed by atoms with Crippen LogP contribution in [0.3, 0.4) is 0 Å². The van der Waals surface area contributed by atoms with Crippen molar-refractivity contribution in [2.24, 2.45) is 14.1 Å². The fourth-order valence-corrected chi connectivity index (χ4v) is 3.31. The van der Waals surface area contributed by atoms with Gasteiger partial charge in [-0.05, 0) is 17.5 Å². The molecule has 3 heterocycles. The molecule has 0 spiro atoms. The number of anilines is 1. The van der Waals surface area contributed by atoms with E-state index in [4.69, 9.17) is 4.98 Å². The van der Waals surface area contributed by atoms with Crippen molar-refractivity contribution in [2.75, 3.05) is 19.0 Å². The normalized spacial score (nSPS) is 11.5. The highest BCUT2D eigenvalue weighted by molar-refractivity contribution is 5.95. The number of aromatic nitrogens is 4. The number of benzene rings is 1. The Morgan fingerprint density at radius 1 is 1.04 bits per heavy atom. The van der Waals surface area contributed by atoms with E-state index in [0.717, 1.165) is 15.3 Å². The van der Waals surface area contributed by atoms with Crippen LogP contribution in [-0.4, -0.2) is 28.2 Å². The van der Waals surface area contributed by atoms with Gasteiger partial charge < -0.3 is 0 Å². The molecule has 25 heavy (non-hydrogen) atoms. The van der Waals surface area contributed by atoms with Gasteiger partial charge in [-0.2, -0.15) is 0 Å². The van der Waals surface area contributed by atoms with E-state index in [1.165, 1.54) is 11.6 Å². The number of nitrogens with zero attached hydrogens (tertiary/aromatic N) is 5. The highest BCUT2D eigenvalue weighted by Crippen LogP contribution is 2.21. The van der Waals surface area contributed by atoms with Crippen LogP contribution >= 0.6 is 0 Å². The Labute approximate surface area is 143 Å². The van der Waals surface area contributed by atoms with E-state index in [1.807, 2.05) is 59.9 Å². The minimum atomic E-state index is -0.390. The van der Waals surface area contributed by atoms with Crippen LogP contribution in [0.2, 0.25) is 0 Å². The number of hydrogen-bond acceptors (Lipinski definition) is 4. The highest BCUT2D eigenvalue weighted by atomic mass is 16.2. The molecule has 0 aliphatic carbocycles. The largest absolute Gasteiger partial charge is 0.333 e. The number of rotatable bonds is 1. The van der Waals surface area contributed by atoms with E-state index < -0.39 is 0 Å². The molecule has 4 rings (SSSR count). The molecule has 0 atom stereocenters. The number of aryl methyl sites for hydroxylation is 1. The minimum Gasteiger partial charge on any atom is -0.297 e. The smallest absolute Gasteiger partial charge is 0.297 e. The van der Waals surface area contributed by atoms with Crippen LogP contribution in [0.1, 0.15) is 0 Å². The van der Waals surface area contributed by atoms with Crippen molar-refractivity contribution in [1.29, 1.82) is 0 Å². The molecule has 0 aliphatic rings. The van der Waals surface area contributed by atoms with Crippen molar-refractivity contribution in [3.8, 4) is 0 Å². The molecule has 1 aromatic carbocycles. The van der Waals surface area contributed by atoms with Crippen molar-refractivity contribution in [3.63, 3.8) is 0 Å². The Balaban J connectivity index is 2.42. The third-order valence-electron chi connectivity index (χ3n) is 4.55. The zero-order valence-electron chi connectivity index (χ0n) is 14.5. The third kappa shape index (κ3) is 1.98. The lowest BCUT2D eigenvalue weighted by molar-refractivity contribution is -0.498. The van der Waals surface area contributed by atoms with Crippen LogP contribution < -0.4 is 20.5 Å². The van der Waals surface area contributed by atoms with Crippen LogP contribution in [0.15, 0.2) is 46.1 Å². The molecule has 126 valence electrons. The lowest BCUT2D eigenvalue weighted by Crippen LogP contribution is -2.41. The average Bonchev–Trinajstić information content (AvgIpc) is 2.62. The lowest BCUT2D eigenvalue weighted by atomic mass is 10.1. The van der Waals surface area contributed by atoms with E-state index in [1.54, 1.807) is 7.05 Å². The van der Waals surface area contributed by atoms with Crippen LogP contribution in [0.25, 0.3) is 27.5 Å². The van der Waals surface area contributed by atoms with Gasteiger partial charge in [0.05, 0.1) is 25.7 Å². The van der Waals surface area contributed by atoms with Crippen LogP contribution in [-0.2, 0) is 14.1 Å². The third-order valence-corrected chi connectivity index (χ3v) is 4.55. The van der Waals surface area contributed by atoms with E-state index in [9.17, 15) is 9.59 Å². The fraction of sp³-hybridized carbons (Fsp3) is 0.222. The highest BCUT2D eigenvalue weighted by Gasteiger charge is 2.25. The number of hydrogen-bond donors (Lipinski definition) is 0. The first kappa shape index (κ1) is 15.3. The number of pyridine rings is 1. The van der Waals surface area contributed by atoms with Crippen molar-refractivity contribution < 1.29 is 4.40 Å². The van der Waals surface area contributed by atoms with Gasteiger partial charge in [-0.1, -0.05) is 23.2 Å². The van der Waals surface area contributed by atoms with Gasteiger partial charge in [0.2, 0.25) is 11.5 Å². The van der Waals surface area contributed by atoms with E-state index in [2.05, 4.69) is 0 Å². The molecule has 7 nitrogen and oxygen atoms in total. The lowest BCUT2D eigenvalue weighted by Gasteiger charge is -2.14. The summed E-state index contributed by atoms with van der Waals surface area (Å²) in [5.41, 5.74) is 0.349. The Kier molecular flexibility index (Phi) is 3.15.